The molecule has 9 nitrogen and oxygen atoms in total. The number of carbonyl (C=O) groups is 3. The fourth-order valence-electron chi connectivity index (χ4n) is 5.01. The van der Waals surface area contributed by atoms with Crippen LogP contribution in [0.1, 0.15) is 59.1 Å². The molecule has 10 heteroatoms. The first-order valence-electron chi connectivity index (χ1n) is 11.1. The first-order chi connectivity index (χ1) is 15.9. The number of benzene rings is 1. The van der Waals surface area contributed by atoms with Crippen LogP contribution < -0.4 is 16.0 Å². The van der Waals surface area contributed by atoms with Crippen LogP contribution >= 0.6 is 11.6 Å². The van der Waals surface area contributed by atoms with Gasteiger partial charge in [-0.3, -0.25) is 14.4 Å². The van der Waals surface area contributed by atoms with E-state index in [1.54, 1.807) is 10.6 Å². The Hall–Kier alpha value is -2.91. The second-order valence-electron chi connectivity index (χ2n) is 8.66. The van der Waals surface area contributed by atoms with Gasteiger partial charge < -0.3 is 25.3 Å². The minimum atomic E-state index is -0.700. The zero-order chi connectivity index (χ0) is 23.6. The lowest BCUT2D eigenvalue weighted by Gasteiger charge is -2.36. The largest absolute Gasteiger partial charge is 0.383 e. The number of carbonyl (C=O) groups excluding carboxylic acids is 3. The molecule has 1 saturated heterocycles. The van der Waals surface area contributed by atoms with E-state index in [-0.39, 0.29) is 23.3 Å². The van der Waals surface area contributed by atoms with Crippen molar-refractivity contribution in [1.29, 1.82) is 0 Å². The SMILES string of the molecule is COCCNC(=O)c1ncn(C2CCC3(CC2)CCN(c2cccc(Cl)c2)C3=O)c1C(N)=O. The highest BCUT2D eigenvalue weighted by molar-refractivity contribution is 6.31. The lowest BCUT2D eigenvalue weighted by Crippen LogP contribution is -2.38. The zero-order valence-electron chi connectivity index (χ0n) is 18.6. The number of hydrogen-bond acceptors (Lipinski definition) is 5. The molecule has 0 unspecified atom stereocenters. The summed E-state index contributed by atoms with van der Waals surface area (Å²) in [5.74, 6) is -1.04. The fraction of sp³-hybridized carbons (Fsp3) is 0.478. The molecule has 2 fully saturated rings. The van der Waals surface area contributed by atoms with Gasteiger partial charge in [0.05, 0.1) is 18.3 Å². The summed E-state index contributed by atoms with van der Waals surface area (Å²) in [7, 11) is 1.54. The van der Waals surface area contributed by atoms with Gasteiger partial charge in [0, 0.05) is 37.0 Å². The maximum atomic E-state index is 13.4. The number of hydrogen-bond donors (Lipinski definition) is 2. The summed E-state index contributed by atoms with van der Waals surface area (Å²) in [6, 6.07) is 7.30. The summed E-state index contributed by atoms with van der Waals surface area (Å²) < 4.78 is 6.64. The number of rotatable bonds is 7. The topological polar surface area (TPSA) is 120 Å². The predicted molar refractivity (Wildman–Crippen MR) is 123 cm³/mol. The number of nitrogens with one attached hydrogen (secondary N) is 1. The Balaban J connectivity index is 1.47. The summed E-state index contributed by atoms with van der Waals surface area (Å²) in [5.41, 5.74) is 6.14. The molecule has 2 aliphatic rings. The summed E-state index contributed by atoms with van der Waals surface area (Å²) in [6.07, 6.45) is 5.05. The van der Waals surface area contributed by atoms with Crippen LogP contribution in [0.15, 0.2) is 30.6 Å². The Morgan fingerprint density at radius 3 is 2.73 bits per heavy atom. The third-order valence-corrected chi connectivity index (χ3v) is 7.01. The molecule has 1 saturated carbocycles. The van der Waals surface area contributed by atoms with E-state index in [0.717, 1.165) is 12.1 Å². The Kier molecular flexibility index (Phi) is 6.71. The number of nitrogens with zero attached hydrogens (tertiary/aromatic N) is 3. The zero-order valence-corrected chi connectivity index (χ0v) is 19.3. The molecule has 33 heavy (non-hydrogen) atoms. The van der Waals surface area contributed by atoms with Crippen molar-refractivity contribution >= 4 is 35.0 Å². The number of aromatic nitrogens is 2. The first-order valence-corrected chi connectivity index (χ1v) is 11.5. The summed E-state index contributed by atoms with van der Waals surface area (Å²) in [5, 5.41) is 3.28. The highest BCUT2D eigenvalue weighted by Gasteiger charge is 2.49. The van der Waals surface area contributed by atoms with Crippen LogP contribution in [0.3, 0.4) is 0 Å². The van der Waals surface area contributed by atoms with Crippen LogP contribution in [0.4, 0.5) is 5.69 Å². The van der Waals surface area contributed by atoms with E-state index < -0.39 is 17.2 Å². The maximum absolute atomic E-state index is 13.4. The van der Waals surface area contributed by atoms with Gasteiger partial charge >= 0.3 is 0 Å². The van der Waals surface area contributed by atoms with Gasteiger partial charge in [0.1, 0.15) is 5.69 Å². The van der Waals surface area contributed by atoms with E-state index in [9.17, 15) is 14.4 Å². The average Bonchev–Trinajstić information content (AvgIpc) is 3.37. The van der Waals surface area contributed by atoms with E-state index in [1.165, 1.54) is 13.4 Å². The molecule has 4 rings (SSSR count). The van der Waals surface area contributed by atoms with Gasteiger partial charge in [0.2, 0.25) is 5.91 Å². The van der Waals surface area contributed by atoms with Crippen molar-refractivity contribution in [1.82, 2.24) is 14.9 Å². The van der Waals surface area contributed by atoms with Gasteiger partial charge in [-0.1, -0.05) is 17.7 Å². The van der Waals surface area contributed by atoms with Crippen molar-refractivity contribution in [2.24, 2.45) is 11.1 Å². The minimum absolute atomic E-state index is 0.0166. The Labute approximate surface area is 197 Å². The number of primary amides is 1. The van der Waals surface area contributed by atoms with Crippen molar-refractivity contribution in [3.05, 3.63) is 47.0 Å². The quantitative estimate of drug-likeness (QED) is 0.599. The van der Waals surface area contributed by atoms with Crippen molar-refractivity contribution < 1.29 is 19.1 Å². The van der Waals surface area contributed by atoms with Gasteiger partial charge in [-0.15, -0.1) is 0 Å². The predicted octanol–water partition coefficient (Wildman–Crippen LogP) is 2.55. The monoisotopic (exact) mass is 473 g/mol. The molecule has 1 spiro atoms. The average molecular weight is 474 g/mol. The van der Waals surface area contributed by atoms with Gasteiger partial charge in [0.25, 0.3) is 11.8 Å². The molecular weight excluding hydrogens is 446 g/mol. The number of imidazole rings is 1. The van der Waals surface area contributed by atoms with Crippen molar-refractivity contribution in [2.45, 2.75) is 38.1 Å². The van der Waals surface area contributed by atoms with Crippen LogP contribution in [0.2, 0.25) is 5.02 Å². The summed E-state index contributed by atoms with van der Waals surface area (Å²) in [6.45, 7) is 1.31. The van der Waals surface area contributed by atoms with E-state index in [0.29, 0.717) is 50.4 Å². The number of methoxy groups -OCH3 is 1. The molecule has 1 aliphatic carbocycles. The summed E-state index contributed by atoms with van der Waals surface area (Å²) in [4.78, 5) is 44.0. The van der Waals surface area contributed by atoms with Gasteiger partial charge in [-0.25, -0.2) is 4.98 Å². The molecule has 2 heterocycles. The van der Waals surface area contributed by atoms with Gasteiger partial charge in [-0.05, 0) is 50.3 Å². The van der Waals surface area contributed by atoms with Gasteiger partial charge in [-0.2, -0.15) is 0 Å². The van der Waals surface area contributed by atoms with Crippen molar-refractivity contribution in [3.63, 3.8) is 0 Å². The van der Waals surface area contributed by atoms with Crippen LogP contribution in [-0.4, -0.2) is 54.1 Å². The molecule has 0 bridgehead atoms. The van der Waals surface area contributed by atoms with Crippen LogP contribution in [0.25, 0.3) is 0 Å². The first kappa shape index (κ1) is 23.3. The van der Waals surface area contributed by atoms with Crippen LogP contribution in [0.5, 0.6) is 0 Å². The Morgan fingerprint density at radius 1 is 1.30 bits per heavy atom. The summed E-state index contributed by atoms with van der Waals surface area (Å²) >= 11 is 6.12. The molecule has 3 N–H and O–H groups in total. The van der Waals surface area contributed by atoms with Crippen molar-refractivity contribution in [3.8, 4) is 0 Å². The van der Waals surface area contributed by atoms with Gasteiger partial charge in [0.15, 0.2) is 5.69 Å². The lowest BCUT2D eigenvalue weighted by molar-refractivity contribution is -0.127. The normalized spacial score (nSPS) is 22.7. The van der Waals surface area contributed by atoms with Crippen LogP contribution in [-0.2, 0) is 9.53 Å². The second kappa shape index (κ2) is 9.52. The molecular formula is C23H28ClN5O4. The molecule has 0 radical (unpaired) electrons. The van der Waals surface area contributed by atoms with E-state index >= 15 is 0 Å². The molecule has 176 valence electrons. The van der Waals surface area contributed by atoms with E-state index in [1.807, 2.05) is 23.1 Å². The molecule has 1 aromatic carbocycles. The van der Waals surface area contributed by atoms with E-state index in [4.69, 9.17) is 22.1 Å². The number of anilines is 1. The molecule has 0 atom stereocenters. The number of amides is 3. The Bertz CT molecular complexity index is 1060. The molecule has 3 amide bonds. The third-order valence-electron chi connectivity index (χ3n) is 6.77. The highest BCUT2D eigenvalue weighted by Crippen LogP contribution is 2.49. The number of halogens is 1. The molecule has 1 aromatic heterocycles. The lowest BCUT2D eigenvalue weighted by atomic mass is 9.71. The fourth-order valence-corrected chi connectivity index (χ4v) is 5.19. The number of nitrogens with two attached hydrogens (primary N) is 1. The Morgan fingerprint density at radius 2 is 2.06 bits per heavy atom. The standard InChI is InChI=1S/C23H28ClN5O4/c1-33-12-10-26-21(31)18-19(20(25)30)29(14-27-18)16-5-7-23(8-6-16)9-11-28(22(23)32)17-4-2-3-15(24)13-17/h2-4,13-14,16H,5-12H2,1H3,(H2,25,30)(H,26,31). The number of ether oxygens (including phenoxy) is 1. The van der Waals surface area contributed by atoms with Crippen LogP contribution in [0, 0.1) is 5.41 Å². The minimum Gasteiger partial charge on any atom is -0.383 e. The molecule has 1 aliphatic heterocycles. The maximum Gasteiger partial charge on any atom is 0.272 e. The highest BCUT2D eigenvalue weighted by atomic mass is 35.5. The van der Waals surface area contributed by atoms with Crippen molar-refractivity contribution in [2.75, 3.05) is 31.7 Å². The van der Waals surface area contributed by atoms with E-state index in [2.05, 4.69) is 10.3 Å². The smallest absolute Gasteiger partial charge is 0.272 e. The molecule has 2 aromatic rings. The second-order valence-corrected chi connectivity index (χ2v) is 9.10. The third kappa shape index (κ3) is 4.47.